The molecule has 0 fully saturated rings. The van der Waals surface area contributed by atoms with E-state index in [0.717, 1.165) is 23.3 Å². The Hall–Kier alpha value is -1.76. The second-order valence-corrected chi connectivity index (χ2v) is 6.91. The molecule has 20 heavy (non-hydrogen) atoms. The van der Waals surface area contributed by atoms with Gasteiger partial charge in [-0.25, -0.2) is 13.6 Å². The molecule has 0 radical (unpaired) electrons. The Bertz CT molecular complexity index is 744. The topological polar surface area (TPSA) is 141 Å². The van der Waals surface area contributed by atoms with E-state index in [-0.39, 0.29) is 15.2 Å². The Morgan fingerprint density at radius 1 is 1.35 bits per heavy atom. The van der Waals surface area contributed by atoms with Gasteiger partial charge in [-0.15, -0.1) is 10.2 Å². The van der Waals surface area contributed by atoms with Gasteiger partial charge in [-0.2, -0.15) is 0 Å². The normalized spacial score (nSPS) is 11.2. The van der Waals surface area contributed by atoms with E-state index in [1.54, 1.807) is 18.2 Å². The molecule has 0 bridgehead atoms. The Kier molecular flexibility index (Phi) is 4.17. The lowest BCUT2D eigenvalue weighted by Crippen LogP contribution is -2.11. The van der Waals surface area contributed by atoms with Gasteiger partial charge in [0.15, 0.2) is 0 Å². The molecule has 0 saturated heterocycles. The van der Waals surface area contributed by atoms with Gasteiger partial charge >= 0.3 is 0 Å². The zero-order valence-electron chi connectivity index (χ0n) is 9.59. The van der Waals surface area contributed by atoms with Crippen molar-refractivity contribution in [3.63, 3.8) is 0 Å². The highest BCUT2D eigenvalue weighted by molar-refractivity contribution is 8.01. The molecular formula is C8H7N5O4S3. The SMILES string of the molecule is NS(=O)(=O)c1nnc(NSc2ccccc2[N+](=O)[O-])s1. The van der Waals surface area contributed by atoms with E-state index in [4.69, 9.17) is 5.14 Å². The number of nitrogens with two attached hydrogens (primary N) is 1. The van der Waals surface area contributed by atoms with Crippen molar-refractivity contribution in [3.05, 3.63) is 34.4 Å². The van der Waals surface area contributed by atoms with Gasteiger partial charge in [0.2, 0.25) is 9.47 Å². The number of benzene rings is 1. The van der Waals surface area contributed by atoms with E-state index < -0.39 is 14.9 Å². The van der Waals surface area contributed by atoms with Gasteiger partial charge in [-0.05, 0) is 18.0 Å². The minimum absolute atomic E-state index is 0.0683. The van der Waals surface area contributed by atoms with Gasteiger partial charge in [-0.1, -0.05) is 23.5 Å². The van der Waals surface area contributed by atoms with Gasteiger partial charge in [0.05, 0.1) is 4.92 Å². The minimum Gasteiger partial charge on any atom is -0.300 e. The van der Waals surface area contributed by atoms with E-state index in [0.29, 0.717) is 4.90 Å². The third-order valence-electron chi connectivity index (χ3n) is 1.96. The molecule has 2 aromatic rings. The van der Waals surface area contributed by atoms with Gasteiger partial charge in [0.1, 0.15) is 4.90 Å². The lowest BCUT2D eigenvalue weighted by atomic mass is 10.3. The van der Waals surface area contributed by atoms with Crippen LogP contribution >= 0.6 is 23.3 Å². The molecule has 0 amide bonds. The number of aromatic nitrogens is 2. The molecule has 1 aromatic carbocycles. The van der Waals surface area contributed by atoms with Crippen molar-refractivity contribution in [1.82, 2.24) is 10.2 Å². The molecule has 0 unspecified atom stereocenters. The molecule has 0 spiro atoms. The van der Waals surface area contributed by atoms with Crippen LogP contribution in [0.3, 0.4) is 0 Å². The largest absolute Gasteiger partial charge is 0.300 e. The van der Waals surface area contributed by atoms with E-state index in [9.17, 15) is 18.5 Å². The molecule has 0 aliphatic carbocycles. The number of nitro benzene ring substituents is 1. The molecule has 12 heteroatoms. The van der Waals surface area contributed by atoms with Crippen LogP contribution in [0.15, 0.2) is 33.5 Å². The third kappa shape index (κ3) is 3.41. The maximum absolute atomic E-state index is 11.0. The number of nitrogens with zero attached hydrogens (tertiary/aromatic N) is 3. The minimum atomic E-state index is -3.90. The summed E-state index contributed by atoms with van der Waals surface area (Å²) in [6, 6.07) is 6.11. The number of primary sulfonamides is 1. The predicted molar refractivity (Wildman–Crippen MR) is 73.9 cm³/mol. The molecule has 0 atom stereocenters. The summed E-state index contributed by atoms with van der Waals surface area (Å²) in [4.78, 5) is 10.7. The lowest BCUT2D eigenvalue weighted by Gasteiger charge is -2.01. The van der Waals surface area contributed by atoms with Crippen molar-refractivity contribution in [2.75, 3.05) is 4.72 Å². The van der Waals surface area contributed by atoms with Crippen molar-refractivity contribution < 1.29 is 13.3 Å². The fraction of sp³-hybridized carbons (Fsp3) is 0. The van der Waals surface area contributed by atoms with Crippen molar-refractivity contribution in [2.24, 2.45) is 5.14 Å². The summed E-state index contributed by atoms with van der Waals surface area (Å²) < 4.78 is 24.4. The second-order valence-electron chi connectivity index (χ2n) is 3.35. The summed E-state index contributed by atoms with van der Waals surface area (Å²) in [5, 5.41) is 22.9. The van der Waals surface area contributed by atoms with Crippen molar-refractivity contribution in [3.8, 4) is 0 Å². The average molecular weight is 333 g/mol. The van der Waals surface area contributed by atoms with Gasteiger partial charge < -0.3 is 0 Å². The molecule has 0 saturated carbocycles. The van der Waals surface area contributed by atoms with Crippen molar-refractivity contribution in [2.45, 2.75) is 9.24 Å². The van der Waals surface area contributed by atoms with Crippen LogP contribution in [-0.2, 0) is 10.0 Å². The highest BCUT2D eigenvalue weighted by Crippen LogP contribution is 2.30. The molecule has 9 nitrogen and oxygen atoms in total. The number of anilines is 1. The van der Waals surface area contributed by atoms with E-state index in [2.05, 4.69) is 14.9 Å². The van der Waals surface area contributed by atoms with Crippen LogP contribution in [0, 0.1) is 10.1 Å². The maximum Gasteiger partial charge on any atom is 0.284 e. The number of rotatable bonds is 5. The quantitative estimate of drug-likeness (QED) is 0.472. The average Bonchev–Trinajstić information content (AvgIpc) is 2.85. The Morgan fingerprint density at radius 3 is 2.65 bits per heavy atom. The first-order chi connectivity index (χ1) is 9.38. The first-order valence-corrected chi connectivity index (χ1v) is 8.08. The van der Waals surface area contributed by atoms with Gasteiger partial charge in [0.25, 0.3) is 15.7 Å². The van der Waals surface area contributed by atoms with Crippen LogP contribution in [0.25, 0.3) is 0 Å². The zero-order valence-corrected chi connectivity index (χ0v) is 12.0. The first kappa shape index (κ1) is 14.6. The fourth-order valence-corrected chi connectivity index (χ4v) is 3.27. The summed E-state index contributed by atoms with van der Waals surface area (Å²) in [6.07, 6.45) is 0. The monoisotopic (exact) mass is 333 g/mol. The first-order valence-electron chi connectivity index (χ1n) is 4.90. The number of para-hydroxylation sites is 1. The van der Waals surface area contributed by atoms with Crippen molar-refractivity contribution >= 4 is 44.1 Å². The summed E-state index contributed by atoms with van der Waals surface area (Å²) in [5.74, 6) is 0. The van der Waals surface area contributed by atoms with E-state index in [1.807, 2.05) is 0 Å². The van der Waals surface area contributed by atoms with Crippen LogP contribution in [0.1, 0.15) is 0 Å². The number of sulfonamides is 1. The zero-order chi connectivity index (χ0) is 14.8. The highest BCUT2D eigenvalue weighted by atomic mass is 32.2. The lowest BCUT2D eigenvalue weighted by molar-refractivity contribution is -0.387. The molecule has 3 N–H and O–H groups in total. The van der Waals surface area contributed by atoms with Crippen LogP contribution in [0.5, 0.6) is 0 Å². The van der Waals surface area contributed by atoms with Crippen LogP contribution in [0.2, 0.25) is 0 Å². The second kappa shape index (κ2) is 5.70. The van der Waals surface area contributed by atoms with Gasteiger partial charge in [-0.3, -0.25) is 14.8 Å². The summed E-state index contributed by atoms with van der Waals surface area (Å²) in [6.45, 7) is 0. The molecule has 0 aliphatic heterocycles. The molecule has 1 heterocycles. The summed E-state index contributed by atoms with van der Waals surface area (Å²) in [7, 11) is -3.90. The van der Waals surface area contributed by atoms with E-state index in [1.165, 1.54) is 6.07 Å². The number of nitro groups is 1. The Labute approximate surface area is 121 Å². The fourth-order valence-electron chi connectivity index (χ4n) is 1.16. The smallest absolute Gasteiger partial charge is 0.284 e. The summed E-state index contributed by atoms with van der Waals surface area (Å²) in [5.41, 5.74) is -0.0683. The third-order valence-corrected chi connectivity index (χ3v) is 5.10. The molecular weight excluding hydrogens is 326 g/mol. The van der Waals surface area contributed by atoms with E-state index >= 15 is 0 Å². The molecule has 0 aliphatic rings. The van der Waals surface area contributed by atoms with Crippen LogP contribution in [-0.4, -0.2) is 23.5 Å². The summed E-state index contributed by atoms with van der Waals surface area (Å²) >= 11 is 1.67. The van der Waals surface area contributed by atoms with Crippen molar-refractivity contribution in [1.29, 1.82) is 0 Å². The Balaban J connectivity index is 2.14. The standard InChI is InChI=1S/C8H7N5O4S3/c9-20(16,17)8-11-10-7(18-8)12-19-6-4-2-1-3-5(6)13(14)15/h1-4H,(H,10,12)(H2,9,16,17). The highest BCUT2D eigenvalue weighted by Gasteiger charge is 2.17. The Morgan fingerprint density at radius 2 is 2.05 bits per heavy atom. The maximum atomic E-state index is 11.0. The predicted octanol–water partition coefficient (Wildman–Crippen LogP) is 1.21. The van der Waals surface area contributed by atoms with Crippen LogP contribution in [0.4, 0.5) is 10.8 Å². The van der Waals surface area contributed by atoms with Gasteiger partial charge in [0, 0.05) is 6.07 Å². The number of hydrogen-bond donors (Lipinski definition) is 2. The molecule has 106 valence electrons. The molecule has 2 rings (SSSR count). The molecule has 1 aromatic heterocycles. The van der Waals surface area contributed by atoms with Crippen LogP contribution < -0.4 is 9.86 Å². The number of hydrogen-bond acceptors (Lipinski definition) is 9. The number of nitrogens with one attached hydrogen (secondary N) is 1.